The third-order valence-electron chi connectivity index (χ3n) is 0. The van der Waals surface area contributed by atoms with E-state index >= 15 is 0 Å². The molecular weight excluding hydrogens is 193 g/mol. The Hall–Kier alpha value is 1.32. The predicted molar refractivity (Wildman–Crippen MR) is 19.2 cm³/mol. The summed E-state index contributed by atoms with van der Waals surface area (Å²) < 4.78 is 0. The van der Waals surface area contributed by atoms with Gasteiger partial charge in [0, 0.05) is 0 Å². The minimum absolute atomic E-state index is 0. The quantitative estimate of drug-likeness (QED) is 0.520. The fraction of sp³-hybridized carbons (Fsp3) is 0. The zero-order chi connectivity index (χ0) is 0. The number of rotatable bonds is 0. The molecule has 0 amide bonds. The molecule has 0 spiro atoms. The zero-order valence-corrected chi connectivity index (χ0v) is 5.62. The van der Waals surface area contributed by atoms with Crippen molar-refractivity contribution in [1.82, 2.24) is 0 Å². The van der Waals surface area contributed by atoms with Gasteiger partial charge in [-0.25, -0.2) is 0 Å². The Kier molecular flexibility index (Phi) is 387. The molecule has 0 rings (SSSR count). The van der Waals surface area contributed by atoms with Crippen LogP contribution in [0.25, 0.3) is 0 Å². The van der Waals surface area contributed by atoms with E-state index in [2.05, 4.69) is 0 Å². The molecule has 0 aromatic rings. The number of hydrogen-bond donors (Lipinski definition) is 0. The molecule has 0 aliphatic heterocycles. The Balaban J connectivity index is 0. The van der Waals surface area contributed by atoms with Crippen LogP contribution in [0.4, 0.5) is 0 Å². The second-order valence-electron chi connectivity index (χ2n) is 0. The Morgan fingerprint density at radius 1 is 0.500 bits per heavy atom. The molecule has 0 fully saturated rings. The Labute approximate surface area is 61.7 Å². The second kappa shape index (κ2) is 27.2. The summed E-state index contributed by atoms with van der Waals surface area (Å²) in [5, 5.41) is 0. The van der Waals surface area contributed by atoms with Gasteiger partial charge in [0.2, 0.25) is 0 Å². The molecule has 0 aromatic heterocycles. The van der Waals surface area contributed by atoms with Gasteiger partial charge in [-0.3, -0.25) is 0 Å². The van der Waals surface area contributed by atoms with Crippen LogP contribution in [0.5, 0.6) is 0 Å². The molecule has 0 aliphatic rings. The van der Waals surface area contributed by atoms with E-state index < -0.39 is 0 Å². The van der Waals surface area contributed by atoms with Crippen LogP contribution in [0.15, 0.2) is 0 Å². The molecule has 0 atom stereocenters. The first-order valence-corrected chi connectivity index (χ1v) is 0. The molecule has 1 heteroatoms. The Bertz CT molecular complexity index is 3.25. The van der Waals surface area contributed by atoms with Gasteiger partial charge >= 0.3 is 39.9 Å². The summed E-state index contributed by atoms with van der Waals surface area (Å²) >= 11 is 0. The summed E-state index contributed by atoms with van der Waals surface area (Å²) in [4.78, 5) is 0. The first kappa shape index (κ1) is 56.8. The van der Waals surface area contributed by atoms with Gasteiger partial charge in [0.25, 0.3) is 0 Å². The summed E-state index contributed by atoms with van der Waals surface area (Å²) in [7, 11) is 0. The topological polar surface area (TPSA) is 0 Å². The third-order valence-corrected chi connectivity index (χ3v) is 0. The maximum Gasteiger partial charge on any atom is 3.00 e. The van der Waals surface area contributed by atoms with Crippen LogP contribution in [0, 0.1) is 62.2 Å². The van der Waals surface area contributed by atoms with Crippen LogP contribution in [-0.4, -0.2) is 0 Å². The molecule has 0 aliphatic carbocycles. The van der Waals surface area contributed by atoms with Crippen LogP contribution < -0.4 is 0 Å². The van der Waals surface area contributed by atoms with E-state index in [4.69, 9.17) is 0 Å². The molecule has 0 saturated heterocycles. The van der Waals surface area contributed by atoms with Crippen molar-refractivity contribution in [2.45, 2.75) is 0 Å². The second-order valence-corrected chi connectivity index (χ2v) is 0. The third kappa shape index (κ3) is 10.2. The predicted octanol–water partition coefficient (Wildman–Crippen LogP) is 1.35. The van der Waals surface area contributed by atoms with Gasteiger partial charge in [-0.2, -0.15) is 0 Å². The van der Waals surface area contributed by atoms with Crippen molar-refractivity contribution in [3.05, 3.63) is 22.3 Å². The molecular formula is C3H9Gd. The fourth-order valence-corrected chi connectivity index (χ4v) is 0. The SMILES string of the molecule is [CH3-].[CH3-].[CH3-].[Gd+3]. The van der Waals surface area contributed by atoms with Crippen LogP contribution >= 0.6 is 0 Å². The average molecular weight is 202 g/mol. The van der Waals surface area contributed by atoms with Crippen molar-refractivity contribution in [2.75, 3.05) is 0 Å². The zero-order valence-electron chi connectivity index (χ0n) is 3.35. The summed E-state index contributed by atoms with van der Waals surface area (Å²) in [6.07, 6.45) is 0. The van der Waals surface area contributed by atoms with Gasteiger partial charge in [0.15, 0.2) is 0 Å². The average Bonchev–Trinajstić information content (AvgIpc) is 0. The molecule has 0 heterocycles. The molecule has 0 nitrogen and oxygen atoms in total. The molecule has 0 unspecified atom stereocenters. The van der Waals surface area contributed by atoms with E-state index in [1.54, 1.807) is 0 Å². The summed E-state index contributed by atoms with van der Waals surface area (Å²) in [5.74, 6) is 0. The summed E-state index contributed by atoms with van der Waals surface area (Å²) in [6, 6.07) is 0. The van der Waals surface area contributed by atoms with E-state index in [9.17, 15) is 0 Å². The van der Waals surface area contributed by atoms with E-state index in [0.717, 1.165) is 0 Å². The van der Waals surface area contributed by atoms with Crippen molar-refractivity contribution in [2.24, 2.45) is 0 Å². The van der Waals surface area contributed by atoms with Crippen molar-refractivity contribution in [3.63, 3.8) is 0 Å². The smallest absolute Gasteiger partial charge is 0.358 e. The van der Waals surface area contributed by atoms with Crippen LogP contribution in [0.3, 0.4) is 0 Å². The van der Waals surface area contributed by atoms with Gasteiger partial charge in [-0.1, -0.05) is 0 Å². The molecule has 1 radical (unpaired) electrons. The molecule has 0 N–H and O–H groups in total. The largest absolute Gasteiger partial charge is 3.00 e. The molecule has 0 aromatic carbocycles. The van der Waals surface area contributed by atoms with Gasteiger partial charge in [0.05, 0.1) is 0 Å². The van der Waals surface area contributed by atoms with E-state index in [1.807, 2.05) is 0 Å². The van der Waals surface area contributed by atoms with Gasteiger partial charge in [0.1, 0.15) is 0 Å². The molecule has 29 valence electrons. The minimum atomic E-state index is 0. The van der Waals surface area contributed by atoms with Gasteiger partial charge < -0.3 is 22.3 Å². The van der Waals surface area contributed by atoms with Crippen molar-refractivity contribution in [3.8, 4) is 0 Å². The standard InChI is InChI=1S/3CH3.Gd/h3*1H3;/q3*-1;+3. The molecule has 0 bridgehead atoms. The van der Waals surface area contributed by atoms with Crippen molar-refractivity contribution >= 4 is 0 Å². The number of hydrogen-bond acceptors (Lipinski definition) is 0. The first-order valence-electron chi connectivity index (χ1n) is 0. The van der Waals surface area contributed by atoms with Crippen LogP contribution in [-0.2, 0) is 0 Å². The first-order chi connectivity index (χ1) is 0. The fourth-order valence-electron chi connectivity index (χ4n) is 0. The van der Waals surface area contributed by atoms with E-state index in [-0.39, 0.29) is 62.2 Å². The van der Waals surface area contributed by atoms with Crippen molar-refractivity contribution in [1.29, 1.82) is 0 Å². The van der Waals surface area contributed by atoms with Crippen LogP contribution in [0.2, 0.25) is 0 Å². The van der Waals surface area contributed by atoms with E-state index in [0.29, 0.717) is 0 Å². The van der Waals surface area contributed by atoms with Crippen molar-refractivity contribution < 1.29 is 39.9 Å². The Morgan fingerprint density at radius 2 is 0.500 bits per heavy atom. The molecule has 0 saturated carbocycles. The minimum Gasteiger partial charge on any atom is -0.358 e. The molecule has 4 heavy (non-hydrogen) atoms. The maximum atomic E-state index is 0. The normalized spacial score (nSPS) is 0. The van der Waals surface area contributed by atoms with E-state index in [1.165, 1.54) is 0 Å². The Morgan fingerprint density at radius 3 is 0.500 bits per heavy atom. The summed E-state index contributed by atoms with van der Waals surface area (Å²) in [5.41, 5.74) is 0. The van der Waals surface area contributed by atoms with Gasteiger partial charge in [-0.05, 0) is 0 Å². The van der Waals surface area contributed by atoms with Crippen LogP contribution in [0.1, 0.15) is 0 Å². The monoisotopic (exact) mass is 203 g/mol. The van der Waals surface area contributed by atoms with Gasteiger partial charge in [-0.15, -0.1) is 0 Å². The summed E-state index contributed by atoms with van der Waals surface area (Å²) in [6.45, 7) is 0. The maximum absolute atomic E-state index is 0.